The average Bonchev–Trinajstić information content (AvgIpc) is 2.18. The lowest BCUT2D eigenvalue weighted by Crippen LogP contribution is -2.28. The molecule has 1 aromatic heterocycles. The second kappa shape index (κ2) is 3.65. The number of fused-ring (bicyclic) bond motifs is 1. The fourth-order valence-electron chi connectivity index (χ4n) is 1.57. The number of thioether (sulfide) groups is 1. The molecule has 0 atom stereocenters. The van der Waals surface area contributed by atoms with Gasteiger partial charge in [-0.25, -0.2) is 0 Å². The van der Waals surface area contributed by atoms with Gasteiger partial charge in [-0.15, -0.1) is 0 Å². The van der Waals surface area contributed by atoms with Gasteiger partial charge in [0.15, 0.2) is 5.16 Å². The molecule has 1 aromatic rings. The van der Waals surface area contributed by atoms with Crippen LogP contribution in [0.25, 0.3) is 0 Å². The zero-order valence-electron chi connectivity index (χ0n) is 7.99. The Morgan fingerprint density at radius 3 is 3.14 bits per heavy atom. The summed E-state index contributed by atoms with van der Waals surface area (Å²) in [5, 5.41) is 10.2. The first-order chi connectivity index (χ1) is 6.74. The Kier molecular flexibility index (Phi) is 2.50. The maximum absolute atomic E-state index is 11.8. The first-order valence-corrected chi connectivity index (χ1v) is 5.68. The Bertz CT molecular complexity index is 414. The maximum Gasteiger partial charge on any atom is 0.261 e. The van der Waals surface area contributed by atoms with Crippen LogP contribution in [0.3, 0.4) is 0 Å². The third-order valence-electron chi connectivity index (χ3n) is 2.32. The molecule has 14 heavy (non-hydrogen) atoms. The molecule has 0 aromatic carbocycles. The lowest BCUT2D eigenvalue weighted by molar-refractivity contribution is 0.420. The van der Waals surface area contributed by atoms with Gasteiger partial charge in [0.1, 0.15) is 0 Å². The first kappa shape index (κ1) is 9.58. The van der Waals surface area contributed by atoms with E-state index < -0.39 is 0 Å². The van der Waals surface area contributed by atoms with Gasteiger partial charge in [-0.1, -0.05) is 18.7 Å². The largest absolute Gasteiger partial charge is 0.493 e. The summed E-state index contributed by atoms with van der Waals surface area (Å²) in [4.78, 5) is 15.8. The normalized spacial score (nSPS) is 15.2. The fourth-order valence-corrected chi connectivity index (χ4v) is 2.50. The highest BCUT2D eigenvalue weighted by atomic mass is 32.2. The number of rotatable bonds is 1. The third kappa shape index (κ3) is 1.41. The Balaban J connectivity index is 2.64. The molecule has 0 radical (unpaired) electrons. The van der Waals surface area contributed by atoms with Crippen molar-refractivity contribution < 1.29 is 5.11 Å². The van der Waals surface area contributed by atoms with Crippen molar-refractivity contribution in [2.75, 3.05) is 5.75 Å². The zero-order chi connectivity index (χ0) is 10.1. The maximum atomic E-state index is 11.8. The Morgan fingerprint density at radius 1 is 1.64 bits per heavy atom. The molecule has 0 saturated carbocycles. The van der Waals surface area contributed by atoms with E-state index >= 15 is 0 Å². The van der Waals surface area contributed by atoms with Crippen molar-refractivity contribution in [2.24, 2.45) is 0 Å². The summed E-state index contributed by atoms with van der Waals surface area (Å²) in [6.45, 7) is 2.57. The van der Waals surface area contributed by atoms with Crippen LogP contribution in [-0.4, -0.2) is 20.4 Å². The summed E-state index contributed by atoms with van der Waals surface area (Å²) >= 11 is 1.53. The standard InChI is InChI=1S/C9H12N2O2S/c1-2-6-7(12)10-9-11(8(6)13)4-3-5-14-9/h12H,2-5H2,1H3. The minimum atomic E-state index is -0.0989. The number of aromatic nitrogens is 2. The van der Waals surface area contributed by atoms with Crippen LogP contribution in [0, 0.1) is 0 Å². The molecule has 1 N–H and O–H groups in total. The molecule has 5 heteroatoms. The van der Waals surface area contributed by atoms with Crippen molar-refractivity contribution in [1.29, 1.82) is 0 Å². The molecule has 0 aliphatic carbocycles. The molecule has 4 nitrogen and oxygen atoms in total. The summed E-state index contributed by atoms with van der Waals surface area (Å²) in [5.74, 6) is 0.871. The van der Waals surface area contributed by atoms with Crippen molar-refractivity contribution >= 4 is 11.8 Å². The van der Waals surface area contributed by atoms with E-state index in [0.717, 1.165) is 18.7 Å². The van der Waals surface area contributed by atoms with Crippen LogP contribution in [0.2, 0.25) is 0 Å². The summed E-state index contributed by atoms with van der Waals surface area (Å²) in [6.07, 6.45) is 1.52. The minimum Gasteiger partial charge on any atom is -0.493 e. The highest BCUT2D eigenvalue weighted by Crippen LogP contribution is 2.23. The quantitative estimate of drug-likeness (QED) is 0.706. The van der Waals surface area contributed by atoms with Crippen LogP contribution in [-0.2, 0) is 13.0 Å². The molecule has 0 fully saturated rings. The summed E-state index contributed by atoms with van der Waals surface area (Å²) in [7, 11) is 0. The zero-order valence-corrected chi connectivity index (χ0v) is 8.80. The lowest BCUT2D eigenvalue weighted by atomic mass is 10.2. The van der Waals surface area contributed by atoms with Gasteiger partial charge in [0, 0.05) is 12.3 Å². The molecule has 0 amide bonds. The Labute approximate surface area is 86.0 Å². The van der Waals surface area contributed by atoms with Gasteiger partial charge in [0.25, 0.3) is 5.56 Å². The first-order valence-electron chi connectivity index (χ1n) is 4.69. The van der Waals surface area contributed by atoms with E-state index in [1.807, 2.05) is 6.92 Å². The Morgan fingerprint density at radius 2 is 2.43 bits per heavy atom. The van der Waals surface area contributed by atoms with Gasteiger partial charge in [-0.2, -0.15) is 4.98 Å². The second-order valence-corrected chi connectivity index (χ2v) is 4.27. The number of hydrogen-bond donors (Lipinski definition) is 1. The van der Waals surface area contributed by atoms with Crippen LogP contribution in [0.5, 0.6) is 5.88 Å². The monoisotopic (exact) mass is 212 g/mol. The van der Waals surface area contributed by atoms with Crippen molar-refractivity contribution in [1.82, 2.24) is 9.55 Å². The van der Waals surface area contributed by atoms with Crippen LogP contribution in [0.1, 0.15) is 18.9 Å². The summed E-state index contributed by atoms with van der Waals surface area (Å²) in [6, 6.07) is 0. The second-order valence-electron chi connectivity index (χ2n) is 3.21. The molecular weight excluding hydrogens is 200 g/mol. The molecule has 0 saturated heterocycles. The highest BCUT2D eigenvalue weighted by Gasteiger charge is 2.17. The lowest BCUT2D eigenvalue weighted by Gasteiger charge is -2.17. The van der Waals surface area contributed by atoms with Gasteiger partial charge in [-0.3, -0.25) is 9.36 Å². The van der Waals surface area contributed by atoms with E-state index in [-0.39, 0.29) is 11.4 Å². The molecule has 1 aliphatic heterocycles. The molecule has 0 unspecified atom stereocenters. The predicted molar refractivity (Wildman–Crippen MR) is 54.9 cm³/mol. The number of aromatic hydroxyl groups is 1. The number of hydrogen-bond acceptors (Lipinski definition) is 4. The molecule has 2 heterocycles. The van der Waals surface area contributed by atoms with Crippen molar-refractivity contribution in [3.8, 4) is 5.88 Å². The van der Waals surface area contributed by atoms with Crippen LogP contribution >= 0.6 is 11.8 Å². The van der Waals surface area contributed by atoms with E-state index in [1.54, 1.807) is 4.57 Å². The van der Waals surface area contributed by atoms with Gasteiger partial charge in [0.05, 0.1) is 5.56 Å². The SMILES string of the molecule is CCc1c(O)nc2n(c1=O)CCCS2. The van der Waals surface area contributed by atoms with Crippen molar-refractivity contribution in [2.45, 2.75) is 31.5 Å². The molecule has 2 rings (SSSR count). The van der Waals surface area contributed by atoms with Crippen molar-refractivity contribution in [3.63, 3.8) is 0 Å². The van der Waals surface area contributed by atoms with E-state index in [1.165, 1.54) is 11.8 Å². The topological polar surface area (TPSA) is 55.1 Å². The highest BCUT2D eigenvalue weighted by molar-refractivity contribution is 7.99. The molecular formula is C9H12N2O2S. The van der Waals surface area contributed by atoms with E-state index in [0.29, 0.717) is 17.1 Å². The molecule has 1 aliphatic rings. The van der Waals surface area contributed by atoms with E-state index in [4.69, 9.17) is 0 Å². The van der Waals surface area contributed by atoms with Gasteiger partial charge < -0.3 is 5.11 Å². The smallest absolute Gasteiger partial charge is 0.261 e. The fraction of sp³-hybridized carbons (Fsp3) is 0.556. The third-order valence-corrected chi connectivity index (χ3v) is 3.38. The minimum absolute atomic E-state index is 0.0813. The molecule has 0 bridgehead atoms. The van der Waals surface area contributed by atoms with Crippen LogP contribution < -0.4 is 5.56 Å². The van der Waals surface area contributed by atoms with Gasteiger partial charge in [0.2, 0.25) is 5.88 Å². The average molecular weight is 212 g/mol. The summed E-state index contributed by atoms with van der Waals surface area (Å²) in [5.41, 5.74) is 0.346. The van der Waals surface area contributed by atoms with E-state index in [9.17, 15) is 9.90 Å². The molecule has 0 spiro atoms. The van der Waals surface area contributed by atoms with Gasteiger partial charge >= 0.3 is 0 Å². The van der Waals surface area contributed by atoms with Crippen LogP contribution in [0.4, 0.5) is 0 Å². The van der Waals surface area contributed by atoms with Crippen LogP contribution in [0.15, 0.2) is 9.95 Å². The molecule has 76 valence electrons. The summed E-state index contributed by atoms with van der Waals surface area (Å²) < 4.78 is 1.66. The Hall–Kier alpha value is -0.970. The van der Waals surface area contributed by atoms with Gasteiger partial charge in [-0.05, 0) is 12.8 Å². The van der Waals surface area contributed by atoms with E-state index in [2.05, 4.69) is 4.98 Å². The number of nitrogens with zero attached hydrogens (tertiary/aromatic N) is 2. The van der Waals surface area contributed by atoms with Crippen molar-refractivity contribution in [3.05, 3.63) is 15.9 Å². The predicted octanol–water partition coefficient (Wildman–Crippen LogP) is 1.01.